The van der Waals surface area contributed by atoms with Crippen LogP contribution >= 0.6 is 0 Å². The summed E-state index contributed by atoms with van der Waals surface area (Å²) >= 11 is 0. The topological polar surface area (TPSA) is 38.7 Å². The monoisotopic (exact) mass is 603 g/mol. The Morgan fingerprint density at radius 2 is 0.957 bits per heavy atom. The molecule has 0 N–H and O–H groups in total. The van der Waals surface area contributed by atoms with Gasteiger partial charge in [0.05, 0.1) is 17.1 Å². The molecule has 47 heavy (non-hydrogen) atoms. The second-order valence-corrected chi connectivity index (χ2v) is 11.8. The number of nitrogens with zero attached hydrogens (tertiary/aromatic N) is 3. The molecule has 0 aliphatic heterocycles. The molecule has 3 nitrogen and oxygen atoms in total. The van der Waals surface area contributed by atoms with Gasteiger partial charge in [-0.2, -0.15) is 0 Å². The Morgan fingerprint density at radius 1 is 0.404 bits per heavy atom. The summed E-state index contributed by atoms with van der Waals surface area (Å²) in [6.45, 7) is 0. The molecule has 4 heteroatoms. The fourth-order valence-corrected chi connectivity index (χ4v) is 6.62. The number of benzene rings is 7. The highest BCUT2D eigenvalue weighted by Crippen LogP contribution is 2.39. The van der Waals surface area contributed by atoms with Crippen molar-refractivity contribution in [1.29, 1.82) is 0 Å². The molecule has 2 aromatic heterocycles. The van der Waals surface area contributed by atoms with Crippen molar-refractivity contribution in [2.24, 2.45) is 0 Å². The molecular weight excluding hydrogens is 577 g/mol. The highest BCUT2D eigenvalue weighted by Gasteiger charge is 2.14. The van der Waals surface area contributed by atoms with Crippen LogP contribution < -0.4 is 0 Å². The lowest BCUT2D eigenvalue weighted by molar-refractivity contribution is 0.628. The Morgan fingerprint density at radius 3 is 1.60 bits per heavy atom. The molecule has 0 unspecified atom stereocenters. The van der Waals surface area contributed by atoms with E-state index in [1.54, 1.807) is 18.3 Å². The van der Waals surface area contributed by atoms with Crippen molar-refractivity contribution in [2.75, 3.05) is 0 Å². The first kappa shape index (κ1) is 27.1. The van der Waals surface area contributed by atoms with E-state index in [0.29, 0.717) is 5.82 Å². The van der Waals surface area contributed by atoms with Crippen LogP contribution in [0.25, 0.3) is 88.6 Å². The summed E-state index contributed by atoms with van der Waals surface area (Å²) in [4.78, 5) is 14.4. The fourth-order valence-electron chi connectivity index (χ4n) is 6.62. The number of aromatic nitrogens is 3. The van der Waals surface area contributed by atoms with Crippen LogP contribution in [-0.2, 0) is 0 Å². The third-order valence-corrected chi connectivity index (χ3v) is 8.99. The molecule has 0 aliphatic carbocycles. The van der Waals surface area contributed by atoms with E-state index in [1.807, 2.05) is 24.3 Å². The molecule has 220 valence electrons. The highest BCUT2D eigenvalue weighted by atomic mass is 19.1. The summed E-state index contributed by atoms with van der Waals surface area (Å²) in [5, 5.41) is 7.64. The minimum Gasteiger partial charge on any atom is -0.256 e. The smallest absolute Gasteiger partial charge is 0.160 e. The highest BCUT2D eigenvalue weighted by molar-refractivity contribution is 6.25. The summed E-state index contributed by atoms with van der Waals surface area (Å²) < 4.78 is 13.8. The lowest BCUT2D eigenvalue weighted by atomic mass is 9.89. The van der Waals surface area contributed by atoms with Crippen LogP contribution in [0.2, 0.25) is 0 Å². The van der Waals surface area contributed by atoms with Crippen LogP contribution in [0.1, 0.15) is 0 Å². The largest absolute Gasteiger partial charge is 0.256 e. The molecule has 0 saturated carbocycles. The van der Waals surface area contributed by atoms with Crippen molar-refractivity contribution in [1.82, 2.24) is 15.0 Å². The fraction of sp³-hybridized carbons (Fsp3) is 0. The molecule has 0 atom stereocenters. The van der Waals surface area contributed by atoms with Crippen molar-refractivity contribution >= 4 is 32.3 Å². The average molecular weight is 604 g/mol. The van der Waals surface area contributed by atoms with Crippen LogP contribution in [0.15, 0.2) is 158 Å². The molecule has 7 aromatic carbocycles. The second-order valence-electron chi connectivity index (χ2n) is 11.8. The third kappa shape index (κ3) is 4.79. The van der Waals surface area contributed by atoms with Gasteiger partial charge in [0.1, 0.15) is 5.82 Å². The number of pyridine rings is 1. The molecule has 0 fully saturated rings. The number of hydrogen-bond acceptors (Lipinski definition) is 3. The molecule has 0 saturated heterocycles. The molecule has 0 aliphatic rings. The van der Waals surface area contributed by atoms with E-state index in [4.69, 9.17) is 9.97 Å². The van der Waals surface area contributed by atoms with Crippen molar-refractivity contribution < 1.29 is 4.39 Å². The molecule has 0 radical (unpaired) electrons. The van der Waals surface area contributed by atoms with E-state index in [9.17, 15) is 4.39 Å². The third-order valence-electron chi connectivity index (χ3n) is 8.99. The zero-order valence-electron chi connectivity index (χ0n) is 25.2. The van der Waals surface area contributed by atoms with E-state index in [1.165, 1.54) is 50.0 Å². The zero-order chi connectivity index (χ0) is 31.3. The van der Waals surface area contributed by atoms with Crippen LogP contribution in [0.4, 0.5) is 4.39 Å². The van der Waals surface area contributed by atoms with Gasteiger partial charge < -0.3 is 0 Å². The molecule has 0 spiro atoms. The minimum absolute atomic E-state index is 0.294. The first-order valence-corrected chi connectivity index (χ1v) is 15.6. The Hall–Kier alpha value is -6.26. The molecular formula is C43H26FN3. The van der Waals surface area contributed by atoms with E-state index in [-0.39, 0.29) is 5.82 Å². The van der Waals surface area contributed by atoms with Crippen molar-refractivity contribution in [2.45, 2.75) is 0 Å². The summed E-state index contributed by atoms with van der Waals surface area (Å²) in [5.74, 6) is 0.250. The summed E-state index contributed by atoms with van der Waals surface area (Å²) in [6, 6.07) is 50.9. The first-order chi connectivity index (χ1) is 23.2. The van der Waals surface area contributed by atoms with E-state index in [0.717, 1.165) is 44.9 Å². The molecule has 9 rings (SSSR count). The van der Waals surface area contributed by atoms with Crippen LogP contribution in [0, 0.1) is 5.82 Å². The maximum atomic E-state index is 13.8. The van der Waals surface area contributed by atoms with Gasteiger partial charge in [-0.3, -0.25) is 4.98 Å². The van der Waals surface area contributed by atoms with Gasteiger partial charge in [-0.25, -0.2) is 14.4 Å². The SMILES string of the molecule is Fc1ccc(-c2nc(-c3ccc(-c4ccccn4)cc3)cc(-c3ccc(-c4ccc5ccc6cccc7ccc4c5c67)cc3)n2)cc1. The predicted molar refractivity (Wildman–Crippen MR) is 191 cm³/mol. The minimum atomic E-state index is -0.294. The van der Waals surface area contributed by atoms with Gasteiger partial charge in [-0.1, -0.05) is 109 Å². The Kier molecular flexibility index (Phi) is 6.32. The molecule has 0 bridgehead atoms. The molecule has 2 heterocycles. The van der Waals surface area contributed by atoms with Crippen molar-refractivity contribution in [3.63, 3.8) is 0 Å². The number of rotatable bonds is 5. The van der Waals surface area contributed by atoms with Crippen LogP contribution in [-0.4, -0.2) is 15.0 Å². The normalized spacial score (nSPS) is 11.5. The zero-order valence-corrected chi connectivity index (χ0v) is 25.2. The van der Waals surface area contributed by atoms with Gasteiger partial charge in [0, 0.05) is 28.5 Å². The maximum Gasteiger partial charge on any atom is 0.160 e. The van der Waals surface area contributed by atoms with E-state index < -0.39 is 0 Å². The number of halogens is 1. The van der Waals surface area contributed by atoms with Crippen molar-refractivity contribution in [3.8, 4) is 56.3 Å². The summed E-state index contributed by atoms with van der Waals surface area (Å²) in [7, 11) is 0. The van der Waals surface area contributed by atoms with Gasteiger partial charge in [0.2, 0.25) is 0 Å². The first-order valence-electron chi connectivity index (χ1n) is 15.6. The number of hydrogen-bond donors (Lipinski definition) is 0. The lowest BCUT2D eigenvalue weighted by Gasteiger charge is -2.14. The predicted octanol–water partition coefficient (Wildman–Crippen LogP) is 11.2. The Bertz CT molecular complexity index is 2530. The average Bonchev–Trinajstić information content (AvgIpc) is 3.14. The summed E-state index contributed by atoms with van der Waals surface area (Å²) in [5.41, 5.74) is 8.57. The Labute approximate surface area is 271 Å². The molecule has 9 aromatic rings. The quantitative estimate of drug-likeness (QED) is 0.184. The van der Waals surface area contributed by atoms with Gasteiger partial charge in [-0.15, -0.1) is 0 Å². The van der Waals surface area contributed by atoms with Gasteiger partial charge in [-0.05, 0) is 85.9 Å². The van der Waals surface area contributed by atoms with Gasteiger partial charge >= 0.3 is 0 Å². The van der Waals surface area contributed by atoms with Crippen LogP contribution in [0.3, 0.4) is 0 Å². The second kappa shape index (κ2) is 11.0. The Balaban J connectivity index is 1.13. The molecule has 0 amide bonds. The van der Waals surface area contributed by atoms with Crippen molar-refractivity contribution in [3.05, 3.63) is 164 Å². The standard InChI is InChI=1S/C43H26FN3/c44-35-21-17-34(18-22-35)43-46-39(26-40(47-43)30-13-11-28(12-14-30)38-6-1-2-25-45-38)29-9-7-27(8-10-29)36-23-19-33-16-15-31-4-3-5-32-20-24-37(36)42(33)41(31)32/h1-26H. The van der Waals surface area contributed by atoms with Gasteiger partial charge in [0.25, 0.3) is 0 Å². The van der Waals surface area contributed by atoms with Gasteiger partial charge in [0.15, 0.2) is 5.82 Å². The summed E-state index contributed by atoms with van der Waals surface area (Å²) in [6.07, 6.45) is 1.80. The lowest BCUT2D eigenvalue weighted by Crippen LogP contribution is -1.96. The van der Waals surface area contributed by atoms with E-state index >= 15 is 0 Å². The maximum absolute atomic E-state index is 13.8. The van der Waals surface area contributed by atoms with Crippen LogP contribution in [0.5, 0.6) is 0 Å². The van der Waals surface area contributed by atoms with E-state index in [2.05, 4.69) is 108 Å².